The van der Waals surface area contributed by atoms with Crippen LogP contribution in [0.2, 0.25) is 0 Å². The monoisotopic (exact) mass is 953 g/mol. The molecule has 0 spiro atoms. The van der Waals surface area contributed by atoms with Crippen LogP contribution in [0.1, 0.15) is 206 Å². The standard InChI is InChI=1S/C53H92O12S/c1-3-5-7-9-11-13-15-17-19-21-23-25-27-29-31-33-35-37-39-41-48(54)62-43-46(44-63-53-52(58)51(57)50(56)47(65-53)45-66(59,60)61)64-49(55)42-40-38-36-34-32-30-28-26-24-22-20-18-16-14-12-10-8-6-4-2/h11,13,17-20,23,25,29,31,46-47,50-53,56-58H,3-10,12,14-16,21-22,24,26-28,30,32-45H2,1-2H3,(H,59,60,61)/b13-11+,19-17+,20-18+,25-23+,31-29+/t46-,47-,50-,51?,52?,53+/m1/s1. The van der Waals surface area contributed by atoms with Crippen molar-refractivity contribution in [3.63, 3.8) is 0 Å². The van der Waals surface area contributed by atoms with E-state index in [1.165, 1.54) is 103 Å². The number of carbonyl (C=O) groups is 2. The van der Waals surface area contributed by atoms with Crippen molar-refractivity contribution in [2.24, 2.45) is 0 Å². The Labute approximate surface area is 400 Å². The Morgan fingerprint density at radius 2 is 0.909 bits per heavy atom. The highest BCUT2D eigenvalue weighted by Gasteiger charge is 2.46. The molecule has 1 saturated heterocycles. The van der Waals surface area contributed by atoms with Crippen LogP contribution in [0.15, 0.2) is 60.8 Å². The van der Waals surface area contributed by atoms with Gasteiger partial charge in [-0.1, -0.05) is 171 Å². The minimum absolute atomic E-state index is 0.153. The highest BCUT2D eigenvalue weighted by molar-refractivity contribution is 7.85. The van der Waals surface area contributed by atoms with Crippen molar-refractivity contribution in [2.75, 3.05) is 19.0 Å². The second-order valence-electron chi connectivity index (χ2n) is 17.8. The molecule has 0 bridgehead atoms. The maximum Gasteiger partial charge on any atom is 0.306 e. The largest absolute Gasteiger partial charge is 0.462 e. The average molecular weight is 953 g/mol. The van der Waals surface area contributed by atoms with E-state index in [2.05, 4.69) is 74.6 Å². The first-order valence-electron chi connectivity index (χ1n) is 25.8. The van der Waals surface area contributed by atoms with Crippen LogP contribution < -0.4 is 0 Å². The summed E-state index contributed by atoms with van der Waals surface area (Å²) in [5.41, 5.74) is 0. The second kappa shape index (κ2) is 42.5. The van der Waals surface area contributed by atoms with Gasteiger partial charge >= 0.3 is 11.9 Å². The van der Waals surface area contributed by atoms with Crippen LogP contribution in [-0.2, 0) is 38.7 Å². The fourth-order valence-corrected chi connectivity index (χ4v) is 8.23. The molecule has 0 aromatic carbocycles. The van der Waals surface area contributed by atoms with E-state index in [1.807, 2.05) is 0 Å². The van der Waals surface area contributed by atoms with E-state index in [9.17, 15) is 37.9 Å². The van der Waals surface area contributed by atoms with Crippen molar-refractivity contribution in [1.29, 1.82) is 0 Å². The molecule has 1 aliphatic rings. The van der Waals surface area contributed by atoms with Gasteiger partial charge in [0.05, 0.1) is 6.61 Å². The van der Waals surface area contributed by atoms with Gasteiger partial charge in [0.25, 0.3) is 10.1 Å². The third-order valence-electron chi connectivity index (χ3n) is 11.6. The van der Waals surface area contributed by atoms with Gasteiger partial charge in [-0.25, -0.2) is 0 Å². The lowest BCUT2D eigenvalue weighted by molar-refractivity contribution is -0.297. The van der Waals surface area contributed by atoms with Gasteiger partial charge in [-0.05, 0) is 83.5 Å². The molecule has 12 nitrogen and oxygen atoms in total. The molecule has 0 aromatic heterocycles. The zero-order valence-corrected chi connectivity index (χ0v) is 41.9. The van der Waals surface area contributed by atoms with Gasteiger partial charge in [-0.3, -0.25) is 14.1 Å². The maximum atomic E-state index is 12.9. The Hall–Kier alpha value is -2.65. The third kappa shape index (κ3) is 36.4. The Morgan fingerprint density at radius 1 is 0.515 bits per heavy atom. The molecule has 1 rings (SSSR count). The summed E-state index contributed by atoms with van der Waals surface area (Å²) < 4.78 is 54.2. The summed E-state index contributed by atoms with van der Waals surface area (Å²) in [5, 5.41) is 31.0. The minimum Gasteiger partial charge on any atom is -0.462 e. The number of hydrogen-bond donors (Lipinski definition) is 4. The molecule has 4 N–H and O–H groups in total. The van der Waals surface area contributed by atoms with Crippen LogP contribution in [-0.4, -0.2) is 96.0 Å². The first-order valence-corrected chi connectivity index (χ1v) is 27.5. The van der Waals surface area contributed by atoms with E-state index in [1.54, 1.807) is 0 Å². The van der Waals surface area contributed by atoms with Crippen LogP contribution >= 0.6 is 0 Å². The number of esters is 2. The zero-order chi connectivity index (χ0) is 48.4. The Bertz CT molecular complexity index is 1440. The summed E-state index contributed by atoms with van der Waals surface area (Å²) in [6, 6.07) is 0. The Kier molecular flexibility index (Phi) is 39.5. The van der Waals surface area contributed by atoms with Crippen molar-refractivity contribution in [2.45, 2.75) is 243 Å². The van der Waals surface area contributed by atoms with Crippen LogP contribution in [0.5, 0.6) is 0 Å². The summed E-state index contributed by atoms with van der Waals surface area (Å²) >= 11 is 0. The molecule has 0 aromatic rings. The molecule has 0 radical (unpaired) electrons. The second-order valence-corrected chi connectivity index (χ2v) is 19.3. The van der Waals surface area contributed by atoms with Crippen molar-refractivity contribution < 1.29 is 56.8 Å². The summed E-state index contributed by atoms with van der Waals surface area (Å²) in [7, 11) is -4.61. The molecule has 0 aliphatic carbocycles. The SMILES string of the molecule is CCCCC/C=C/C/C=C/C/C=C/C/C=C/CCCCCC(=O)OC[C@H](CO[C@H]1O[C@H](CS(=O)(=O)O)[C@@H](O)C(O)C1O)OC(=O)CCCCCCCCCCC/C=C/CCCCCCCC. The Morgan fingerprint density at radius 3 is 1.41 bits per heavy atom. The highest BCUT2D eigenvalue weighted by atomic mass is 32.2. The molecule has 2 unspecified atom stereocenters. The van der Waals surface area contributed by atoms with Crippen molar-refractivity contribution in [3.8, 4) is 0 Å². The van der Waals surface area contributed by atoms with Crippen LogP contribution in [0.3, 0.4) is 0 Å². The first-order chi connectivity index (χ1) is 32.0. The quantitative estimate of drug-likeness (QED) is 0.0196. The van der Waals surface area contributed by atoms with Crippen molar-refractivity contribution >= 4 is 22.1 Å². The van der Waals surface area contributed by atoms with Gasteiger partial charge in [-0.15, -0.1) is 0 Å². The van der Waals surface area contributed by atoms with Gasteiger partial charge in [0.2, 0.25) is 0 Å². The summed E-state index contributed by atoms with van der Waals surface area (Å²) in [6.45, 7) is 3.72. The molecular formula is C53H92O12S. The number of rotatable bonds is 43. The van der Waals surface area contributed by atoms with Crippen molar-refractivity contribution in [1.82, 2.24) is 0 Å². The molecular weight excluding hydrogens is 861 g/mol. The lowest BCUT2D eigenvalue weighted by atomic mass is 10.00. The highest BCUT2D eigenvalue weighted by Crippen LogP contribution is 2.24. The number of aliphatic hydroxyl groups excluding tert-OH is 3. The molecule has 6 atom stereocenters. The fourth-order valence-electron chi connectivity index (χ4n) is 7.54. The van der Waals surface area contributed by atoms with Crippen molar-refractivity contribution in [3.05, 3.63) is 60.8 Å². The lowest BCUT2D eigenvalue weighted by Gasteiger charge is -2.40. The topological polar surface area (TPSA) is 186 Å². The number of unbranched alkanes of at least 4 members (excludes halogenated alkanes) is 21. The van der Waals surface area contributed by atoms with Crippen LogP contribution in [0, 0.1) is 0 Å². The number of aliphatic hydroxyl groups is 3. The molecule has 0 amide bonds. The molecule has 13 heteroatoms. The molecule has 382 valence electrons. The van der Waals surface area contributed by atoms with Gasteiger partial charge in [0.1, 0.15) is 36.8 Å². The van der Waals surface area contributed by atoms with Crippen LogP contribution in [0.4, 0.5) is 0 Å². The van der Waals surface area contributed by atoms with Gasteiger partial charge < -0.3 is 34.3 Å². The molecule has 1 aliphatic heterocycles. The van der Waals surface area contributed by atoms with E-state index in [0.717, 1.165) is 64.2 Å². The van der Waals surface area contributed by atoms with E-state index in [-0.39, 0.29) is 19.4 Å². The predicted octanol–water partition coefficient (Wildman–Crippen LogP) is 11.7. The smallest absolute Gasteiger partial charge is 0.306 e. The number of hydrogen-bond acceptors (Lipinski definition) is 11. The summed E-state index contributed by atoms with van der Waals surface area (Å²) in [4.78, 5) is 25.5. The lowest BCUT2D eigenvalue weighted by Crippen LogP contribution is -2.60. The number of allylic oxidation sites excluding steroid dienone is 10. The first kappa shape index (κ1) is 61.4. The fraction of sp³-hybridized carbons (Fsp3) is 0.774. The van der Waals surface area contributed by atoms with E-state index >= 15 is 0 Å². The molecule has 0 saturated carbocycles. The van der Waals surface area contributed by atoms with E-state index in [4.69, 9.17) is 18.9 Å². The van der Waals surface area contributed by atoms with Gasteiger partial charge in [-0.2, -0.15) is 8.42 Å². The Balaban J connectivity index is 2.41. The molecule has 66 heavy (non-hydrogen) atoms. The summed E-state index contributed by atoms with van der Waals surface area (Å²) in [6.07, 6.45) is 44.0. The average Bonchev–Trinajstić information content (AvgIpc) is 3.28. The molecule has 1 fully saturated rings. The predicted molar refractivity (Wildman–Crippen MR) is 265 cm³/mol. The van der Waals surface area contributed by atoms with Gasteiger partial charge in [0.15, 0.2) is 12.4 Å². The van der Waals surface area contributed by atoms with E-state index < -0.39 is 71.2 Å². The third-order valence-corrected chi connectivity index (χ3v) is 12.3. The minimum atomic E-state index is -4.61. The molecule has 1 heterocycles. The summed E-state index contributed by atoms with van der Waals surface area (Å²) in [5.74, 6) is -2.03. The van der Waals surface area contributed by atoms with E-state index in [0.29, 0.717) is 12.8 Å². The maximum absolute atomic E-state index is 12.9. The zero-order valence-electron chi connectivity index (χ0n) is 41.0. The number of carbonyl (C=O) groups excluding carboxylic acids is 2. The number of ether oxygens (including phenoxy) is 4. The van der Waals surface area contributed by atoms with Gasteiger partial charge in [0, 0.05) is 12.8 Å². The normalized spacial score (nSPS) is 19.9. The van der Waals surface area contributed by atoms with Crippen LogP contribution in [0.25, 0.3) is 0 Å².